The van der Waals surface area contributed by atoms with E-state index in [1.165, 1.54) is 16.4 Å². The molecule has 2 heterocycles. The van der Waals surface area contributed by atoms with Gasteiger partial charge in [0.25, 0.3) is 0 Å². The van der Waals surface area contributed by atoms with Gasteiger partial charge in [0, 0.05) is 32.2 Å². The maximum atomic E-state index is 12.6. The molecule has 0 unspecified atom stereocenters. The Labute approximate surface area is 178 Å². The highest BCUT2D eigenvalue weighted by Gasteiger charge is 2.34. The van der Waals surface area contributed by atoms with Crippen LogP contribution >= 0.6 is 0 Å². The summed E-state index contributed by atoms with van der Waals surface area (Å²) in [5.74, 6) is -1.64. The Morgan fingerprint density at radius 1 is 1.13 bits per heavy atom. The predicted molar refractivity (Wildman–Crippen MR) is 103 cm³/mol. The summed E-state index contributed by atoms with van der Waals surface area (Å²) < 4.78 is 75.0. The predicted octanol–water partition coefficient (Wildman–Crippen LogP) is 2.48. The number of halogens is 3. The third kappa shape index (κ3) is 6.31. The fraction of sp³-hybridized carbons (Fsp3) is 0.632. The number of sulfonamides is 1. The van der Waals surface area contributed by atoms with E-state index < -0.39 is 39.5 Å². The monoisotopic (exact) mass is 466 g/mol. The third-order valence-corrected chi connectivity index (χ3v) is 7.11. The van der Waals surface area contributed by atoms with Crippen LogP contribution in [-0.2, 0) is 25.7 Å². The van der Waals surface area contributed by atoms with E-state index in [-0.39, 0.29) is 30.0 Å². The second-order valence-corrected chi connectivity index (χ2v) is 9.54. The van der Waals surface area contributed by atoms with Crippen LogP contribution in [0.25, 0.3) is 0 Å². The van der Waals surface area contributed by atoms with Crippen molar-refractivity contribution < 1.29 is 41.1 Å². The number of ether oxygens (including phenoxy) is 2. The molecule has 0 atom stereocenters. The molecule has 2 aliphatic rings. The summed E-state index contributed by atoms with van der Waals surface area (Å²) in [6, 6.07) is 4.33. The van der Waals surface area contributed by atoms with Crippen LogP contribution in [0.3, 0.4) is 0 Å². The SMILES string of the molecule is O=C(C1CCOCC1)N(O)CS(=O)(=O)N1CCC(Oc2ccc(C(F)(F)F)cc2)CC1. The molecular weight excluding hydrogens is 441 g/mol. The number of carbonyl (C=O) groups excluding carboxylic acids is 1. The zero-order valence-corrected chi connectivity index (χ0v) is 17.6. The van der Waals surface area contributed by atoms with Crippen LogP contribution in [0.15, 0.2) is 24.3 Å². The molecule has 2 fully saturated rings. The molecule has 1 aromatic rings. The summed E-state index contributed by atoms with van der Waals surface area (Å²) in [5, 5.41) is 10.3. The Balaban J connectivity index is 1.49. The lowest BCUT2D eigenvalue weighted by Gasteiger charge is -2.32. The number of carbonyl (C=O) groups is 1. The molecule has 1 amide bonds. The molecule has 0 spiro atoms. The molecule has 31 heavy (non-hydrogen) atoms. The van der Waals surface area contributed by atoms with Gasteiger partial charge in [-0.3, -0.25) is 10.0 Å². The van der Waals surface area contributed by atoms with Crippen molar-refractivity contribution in [3.63, 3.8) is 0 Å². The molecule has 0 bridgehead atoms. The van der Waals surface area contributed by atoms with E-state index >= 15 is 0 Å². The van der Waals surface area contributed by atoms with Gasteiger partial charge >= 0.3 is 6.18 Å². The maximum absolute atomic E-state index is 12.6. The third-order valence-electron chi connectivity index (χ3n) is 5.39. The van der Waals surface area contributed by atoms with E-state index in [9.17, 15) is 31.6 Å². The van der Waals surface area contributed by atoms with Crippen molar-refractivity contribution in [3.05, 3.63) is 29.8 Å². The minimum atomic E-state index is -4.43. The first-order chi connectivity index (χ1) is 14.6. The second kappa shape index (κ2) is 9.72. The number of hydrogen-bond donors (Lipinski definition) is 1. The Bertz CT molecular complexity index is 848. The van der Waals surface area contributed by atoms with E-state index in [0.29, 0.717) is 38.9 Å². The molecule has 3 rings (SSSR count). The number of hydroxylamine groups is 2. The van der Waals surface area contributed by atoms with Gasteiger partial charge in [0.2, 0.25) is 15.9 Å². The number of rotatable bonds is 6. The minimum absolute atomic E-state index is 0.118. The van der Waals surface area contributed by atoms with E-state index in [4.69, 9.17) is 9.47 Å². The molecule has 12 heteroatoms. The highest BCUT2D eigenvalue weighted by Crippen LogP contribution is 2.31. The number of hydrogen-bond acceptors (Lipinski definition) is 6. The standard InChI is InChI=1S/C19H25F3N2O6S/c20-19(21,22)15-1-3-16(4-2-15)30-17-5-9-23(10-6-17)31(27,28)13-24(26)18(25)14-7-11-29-12-8-14/h1-4,14,17,26H,5-13H2. The zero-order chi connectivity index (χ0) is 22.6. The van der Waals surface area contributed by atoms with Crippen molar-refractivity contribution in [2.24, 2.45) is 5.92 Å². The molecule has 1 aromatic carbocycles. The molecule has 2 aliphatic heterocycles. The van der Waals surface area contributed by atoms with Gasteiger partial charge in [0.05, 0.1) is 5.56 Å². The van der Waals surface area contributed by atoms with Gasteiger partial charge in [0.15, 0.2) is 5.88 Å². The number of benzene rings is 1. The molecule has 0 aromatic heterocycles. The highest BCUT2D eigenvalue weighted by atomic mass is 32.2. The van der Waals surface area contributed by atoms with Crippen LogP contribution in [-0.4, -0.2) is 67.2 Å². The second-order valence-electron chi connectivity index (χ2n) is 7.60. The van der Waals surface area contributed by atoms with E-state index in [1.807, 2.05) is 0 Å². The van der Waals surface area contributed by atoms with Crippen LogP contribution in [0.4, 0.5) is 13.2 Å². The summed E-state index contributed by atoms with van der Waals surface area (Å²) in [6.45, 7) is 1.02. The molecule has 2 saturated heterocycles. The van der Waals surface area contributed by atoms with E-state index in [0.717, 1.165) is 12.1 Å². The number of amides is 1. The van der Waals surface area contributed by atoms with E-state index in [2.05, 4.69) is 0 Å². The average molecular weight is 466 g/mol. The van der Waals surface area contributed by atoms with Crippen molar-refractivity contribution in [2.75, 3.05) is 32.2 Å². The van der Waals surface area contributed by atoms with E-state index in [1.54, 1.807) is 0 Å². The Morgan fingerprint density at radius 3 is 2.26 bits per heavy atom. The first kappa shape index (κ1) is 23.8. The fourth-order valence-corrected chi connectivity index (χ4v) is 4.96. The first-order valence-electron chi connectivity index (χ1n) is 9.96. The maximum Gasteiger partial charge on any atom is 0.416 e. The topological polar surface area (TPSA) is 96.4 Å². The van der Waals surface area contributed by atoms with Crippen LogP contribution < -0.4 is 4.74 Å². The summed E-state index contributed by atoms with van der Waals surface area (Å²) in [5.41, 5.74) is -0.773. The van der Waals surface area contributed by atoms with Crippen molar-refractivity contribution in [1.82, 2.24) is 9.37 Å². The summed E-state index contributed by atoms with van der Waals surface area (Å²) in [7, 11) is -3.91. The molecular formula is C19H25F3N2O6S. The van der Waals surface area contributed by atoms with Crippen molar-refractivity contribution >= 4 is 15.9 Å². The lowest BCUT2D eigenvalue weighted by molar-refractivity contribution is -0.169. The van der Waals surface area contributed by atoms with Crippen LogP contribution in [0.5, 0.6) is 5.75 Å². The summed E-state index contributed by atoms with van der Waals surface area (Å²) in [6.07, 6.45) is -3.24. The first-order valence-corrected chi connectivity index (χ1v) is 11.6. The normalized spacial score (nSPS) is 19.9. The minimum Gasteiger partial charge on any atom is -0.490 e. The van der Waals surface area contributed by atoms with Crippen LogP contribution in [0.2, 0.25) is 0 Å². The molecule has 0 aliphatic carbocycles. The van der Waals surface area contributed by atoms with Gasteiger partial charge in [0.1, 0.15) is 11.9 Å². The summed E-state index contributed by atoms with van der Waals surface area (Å²) in [4.78, 5) is 12.2. The van der Waals surface area contributed by atoms with Gasteiger partial charge in [-0.05, 0) is 49.9 Å². The van der Waals surface area contributed by atoms with Gasteiger partial charge in [-0.1, -0.05) is 0 Å². The quantitative estimate of drug-likeness (QED) is 0.511. The Hall–Kier alpha value is -1.89. The average Bonchev–Trinajstić information content (AvgIpc) is 2.73. The largest absolute Gasteiger partial charge is 0.490 e. The lowest BCUT2D eigenvalue weighted by Crippen LogP contribution is -2.47. The smallest absolute Gasteiger partial charge is 0.416 e. The Morgan fingerprint density at radius 2 is 1.71 bits per heavy atom. The number of piperidine rings is 1. The van der Waals surface area contributed by atoms with Gasteiger partial charge in [-0.15, -0.1) is 0 Å². The van der Waals surface area contributed by atoms with Crippen molar-refractivity contribution in [2.45, 2.75) is 38.0 Å². The Kier molecular flexibility index (Phi) is 7.45. The van der Waals surface area contributed by atoms with Gasteiger partial charge in [-0.2, -0.15) is 13.2 Å². The molecule has 1 N–H and O–H groups in total. The number of alkyl halides is 3. The van der Waals surface area contributed by atoms with Crippen LogP contribution in [0, 0.1) is 5.92 Å². The molecule has 0 radical (unpaired) electrons. The molecule has 0 saturated carbocycles. The van der Waals surface area contributed by atoms with Crippen molar-refractivity contribution in [3.8, 4) is 5.75 Å². The molecule has 174 valence electrons. The van der Waals surface area contributed by atoms with Gasteiger partial charge in [-0.25, -0.2) is 17.8 Å². The van der Waals surface area contributed by atoms with Gasteiger partial charge < -0.3 is 9.47 Å². The fourth-order valence-electron chi connectivity index (χ4n) is 3.60. The number of nitrogens with zero attached hydrogens (tertiary/aromatic N) is 2. The lowest BCUT2D eigenvalue weighted by atomic mass is 10.00. The summed E-state index contributed by atoms with van der Waals surface area (Å²) >= 11 is 0. The zero-order valence-electron chi connectivity index (χ0n) is 16.8. The van der Waals surface area contributed by atoms with Crippen LogP contribution in [0.1, 0.15) is 31.2 Å². The molecule has 8 nitrogen and oxygen atoms in total. The van der Waals surface area contributed by atoms with Crippen molar-refractivity contribution in [1.29, 1.82) is 0 Å². The highest BCUT2D eigenvalue weighted by molar-refractivity contribution is 7.89.